The summed E-state index contributed by atoms with van der Waals surface area (Å²) in [6.07, 6.45) is 22.2. The van der Waals surface area contributed by atoms with Gasteiger partial charge in [0, 0.05) is 39.4 Å². The molecule has 0 radical (unpaired) electrons. The van der Waals surface area contributed by atoms with Crippen molar-refractivity contribution in [3.05, 3.63) is 12.2 Å². The second-order valence-electron chi connectivity index (χ2n) is 27.3. The Hall–Kier alpha value is 1.39. The fraction of sp³-hybridized carbons (Fsp3) is 0.904. The van der Waals surface area contributed by atoms with E-state index < -0.39 is 145 Å². The number of nitrogens with one attached hydrogen (secondary N) is 2. The van der Waals surface area contributed by atoms with Crippen LogP contribution in [0.5, 0.6) is 0 Å². The number of unbranched alkanes of at least 4 members (excludes halogenated alkanes) is 29. The number of aliphatic hydroxyl groups is 2. The van der Waals surface area contributed by atoms with Crippen molar-refractivity contribution in [1.29, 1.82) is 0 Å². The quantitative estimate of drug-likeness (QED) is 0.0149. The summed E-state index contributed by atoms with van der Waals surface area (Å²) in [5.74, 6) is -3.04. The molecule has 2 aliphatic heterocycles. The van der Waals surface area contributed by atoms with Crippen LogP contribution in [-0.4, -0.2) is 147 Å². The molecule has 0 aromatic heterocycles. The van der Waals surface area contributed by atoms with Crippen LogP contribution < -0.4 is 148 Å². The number of esters is 1. The molecule has 0 aromatic rings. The number of aliphatic hydroxyl groups excluding tert-OH is 2. The molecule has 580 valence electrons. The van der Waals surface area contributed by atoms with E-state index in [2.05, 4.69) is 57.4 Å². The van der Waals surface area contributed by atoms with Crippen LogP contribution in [0.1, 0.15) is 317 Å². The Kier molecular flexibility index (Phi) is 72.7. The Balaban J connectivity index is -0.0000250. The minimum absolute atomic E-state index is 0. The van der Waals surface area contributed by atoms with Crippen molar-refractivity contribution in [2.75, 3.05) is 33.5 Å². The Morgan fingerprint density at radius 1 is 0.456 bits per heavy atom. The number of phosphoric ester groups is 2. The zero-order valence-electron chi connectivity index (χ0n) is 65.5. The largest absolute Gasteiger partial charge is 1.00 e. The van der Waals surface area contributed by atoms with Crippen LogP contribution in [0, 0.1) is 0 Å². The van der Waals surface area contributed by atoms with Gasteiger partial charge in [0.25, 0.3) is 0 Å². The summed E-state index contributed by atoms with van der Waals surface area (Å²) < 4.78 is 78.4. The smallest absolute Gasteiger partial charge is 0.790 e. The summed E-state index contributed by atoms with van der Waals surface area (Å²) in [4.78, 5) is 119. The van der Waals surface area contributed by atoms with Crippen LogP contribution in [0.25, 0.3) is 0 Å². The number of ketones is 2. The van der Waals surface area contributed by atoms with Gasteiger partial charge < -0.3 is 91.8 Å². The van der Waals surface area contributed by atoms with Crippen molar-refractivity contribution in [1.82, 2.24) is 10.6 Å². The Labute approximate surface area is 708 Å². The average Bonchev–Trinajstić information content (AvgIpc) is 0.788. The molecule has 0 aliphatic carbocycles. The zero-order chi connectivity index (χ0) is 72.9. The second-order valence-corrected chi connectivity index (χ2v) is 29.6. The van der Waals surface area contributed by atoms with Crippen molar-refractivity contribution in [2.45, 2.75) is 391 Å². The van der Waals surface area contributed by atoms with Gasteiger partial charge in [-0.05, 0) is 64.2 Å². The first-order valence-corrected chi connectivity index (χ1v) is 41.4. The number of hydrogen-bond acceptors (Lipinski definition) is 22. The topological polar surface area (TPSA) is 359 Å². The molecule has 2 rings (SSSR count). The molecular weight excluding hydrogens is 1410 g/mol. The molecule has 0 spiro atoms. The van der Waals surface area contributed by atoms with Gasteiger partial charge in [-0.2, -0.15) is 0 Å². The third-order valence-electron chi connectivity index (χ3n) is 18.3. The van der Waals surface area contributed by atoms with E-state index in [4.69, 9.17) is 42.2 Å². The first kappa shape index (κ1) is 109. The van der Waals surface area contributed by atoms with E-state index in [-0.39, 0.29) is 164 Å². The normalized spacial score (nSPS) is 21.1. The van der Waals surface area contributed by atoms with Crippen LogP contribution in [-0.2, 0) is 75.3 Å². The Morgan fingerprint density at radius 2 is 0.864 bits per heavy atom. The Bertz CT molecular complexity index is 2250. The number of hydrogen-bond donors (Lipinski definition) is 4. The van der Waals surface area contributed by atoms with E-state index >= 15 is 0 Å². The van der Waals surface area contributed by atoms with Crippen molar-refractivity contribution in [3.63, 3.8) is 0 Å². The number of carbonyl (C=O) groups excluding carboxylic acids is 5. The average molecular weight is 1540 g/mol. The van der Waals surface area contributed by atoms with Gasteiger partial charge >= 0.3 is 124 Å². The second kappa shape index (κ2) is 68.9. The summed E-state index contributed by atoms with van der Waals surface area (Å²) in [6.45, 7) is 8.80. The Morgan fingerprint density at radius 3 is 1.34 bits per heavy atom. The standard InChI is InChI=1S/C73H136N2O22P2.4Na/c1-7-12-17-22-25-28-31-36-40-45-58(77)53-63(79)74-66-70(90-51-49-57(76)44-39-34-20-15-10-4)68(82)61(94-73(66)97-99(86,87)88)56-92-72-67(75-64(80)54-59(78)46-41-37-32-29-26-23-18-13-8-2)71(69(96-98(83,84)85)62(95-72)55-89-6)91-52-50-60(47-42-35-21-16-11-5)93-65(81)48-43-38-33-30-27-24-19-14-9-3;;;;/h30,33,57,60-62,66-73,76,82H,7-29,31-32,34-56H2,1-6H3,(H,74,79)(H,75,80)(H2,83,84,85)(H2,86,87,88);;;;/q;4*+1/p-4/b33-30-;;;;/t57-,60-,61-,62-,66-,67-,68-,69-,70-,71-,72-,73-;;;;/m1..../s1. The van der Waals surface area contributed by atoms with Gasteiger partial charge in [0.15, 0.2) is 12.6 Å². The minimum Gasteiger partial charge on any atom is -0.790 e. The van der Waals surface area contributed by atoms with Crippen LogP contribution >= 0.6 is 15.6 Å². The molecule has 2 fully saturated rings. The number of amides is 2. The van der Waals surface area contributed by atoms with Crippen molar-refractivity contribution >= 4 is 45.0 Å². The molecule has 0 aromatic carbocycles. The monoisotopic (exact) mass is 1540 g/mol. The number of Topliss-reactive ketones (excluding diaryl/α,β-unsaturated/α-hetero) is 2. The van der Waals surface area contributed by atoms with E-state index in [0.717, 1.165) is 161 Å². The molecule has 2 saturated heterocycles. The molecule has 24 nitrogen and oxygen atoms in total. The van der Waals surface area contributed by atoms with E-state index in [1.165, 1.54) is 39.2 Å². The molecule has 4 N–H and O–H groups in total. The number of methoxy groups -OCH3 is 1. The predicted molar refractivity (Wildman–Crippen MR) is 372 cm³/mol. The van der Waals surface area contributed by atoms with E-state index in [0.29, 0.717) is 44.9 Å². The molecule has 0 saturated carbocycles. The number of allylic oxidation sites excluding steroid dienone is 2. The van der Waals surface area contributed by atoms with Crippen LogP contribution in [0.2, 0.25) is 0 Å². The number of rotatable bonds is 65. The van der Waals surface area contributed by atoms with Crippen molar-refractivity contribution in [3.8, 4) is 0 Å². The number of phosphoric acid groups is 2. The molecule has 0 bridgehead atoms. The SMILES string of the molecule is CCCCCC/C=C\CCCC(=O)O[C@H](CCCCCCC)CCO[C@@H]1[C@@H](NC(=O)CC(=O)CCCCCCCCCCC)[C@H](OC[C@H]2O[C@H](OP(=O)([O-])[O-])[C@H](NC(=O)CC(=O)CCCCCCCCCCC)[C@@H](OCC[C@H](O)CCCCCCC)[C@@H]2O)O[C@H](COC)[C@H]1OP(=O)([O-])[O-].[Na+].[Na+].[Na+].[Na+]. The maximum absolute atomic E-state index is 14.2. The summed E-state index contributed by atoms with van der Waals surface area (Å²) in [5, 5.41) is 28.5. The molecule has 2 amide bonds. The maximum Gasteiger partial charge on any atom is 1.00 e. The summed E-state index contributed by atoms with van der Waals surface area (Å²) in [7, 11) is -10.7. The molecule has 2 aliphatic rings. The predicted octanol–water partition coefficient (Wildman–Crippen LogP) is -0.494. The third kappa shape index (κ3) is 55.5. The first-order chi connectivity index (χ1) is 47.6. The maximum atomic E-state index is 14.2. The summed E-state index contributed by atoms with van der Waals surface area (Å²) >= 11 is 0. The first-order valence-electron chi connectivity index (χ1n) is 38.5. The number of carbonyl (C=O) groups is 5. The van der Waals surface area contributed by atoms with Crippen molar-refractivity contribution in [2.24, 2.45) is 0 Å². The third-order valence-corrected chi connectivity index (χ3v) is 19.2. The molecule has 30 heteroatoms. The van der Waals surface area contributed by atoms with Crippen LogP contribution in [0.3, 0.4) is 0 Å². The zero-order valence-corrected chi connectivity index (χ0v) is 75.3. The fourth-order valence-electron chi connectivity index (χ4n) is 12.6. The van der Waals surface area contributed by atoms with E-state index in [1.807, 2.05) is 0 Å². The van der Waals surface area contributed by atoms with Gasteiger partial charge in [0.1, 0.15) is 66.4 Å². The molecule has 103 heavy (non-hydrogen) atoms. The van der Waals surface area contributed by atoms with Gasteiger partial charge in [0.05, 0.1) is 54.4 Å². The molecular formula is C73H132N2Na4O22P2. The summed E-state index contributed by atoms with van der Waals surface area (Å²) in [6, 6.07) is -3.43. The molecule has 2 heterocycles. The van der Waals surface area contributed by atoms with Crippen molar-refractivity contribution < 1.29 is 223 Å². The molecule has 12 atom stereocenters. The molecule has 0 unspecified atom stereocenters. The van der Waals surface area contributed by atoms with Gasteiger partial charge in [-0.3, -0.25) is 24.0 Å². The van der Waals surface area contributed by atoms with Crippen LogP contribution in [0.4, 0.5) is 0 Å². The van der Waals surface area contributed by atoms with Gasteiger partial charge in [-0.15, -0.1) is 0 Å². The van der Waals surface area contributed by atoms with Gasteiger partial charge in [-0.1, -0.05) is 227 Å². The van der Waals surface area contributed by atoms with E-state index in [1.54, 1.807) is 0 Å². The van der Waals surface area contributed by atoms with Gasteiger partial charge in [0.2, 0.25) is 11.8 Å². The van der Waals surface area contributed by atoms with Crippen LogP contribution in [0.15, 0.2) is 12.2 Å². The summed E-state index contributed by atoms with van der Waals surface area (Å²) in [5.41, 5.74) is 0. The fourth-order valence-corrected chi connectivity index (χ4v) is 13.6. The minimum atomic E-state index is -6.02. The van der Waals surface area contributed by atoms with Gasteiger partial charge in [-0.25, -0.2) is 0 Å². The number of ether oxygens (including phenoxy) is 7. The van der Waals surface area contributed by atoms with E-state index in [9.17, 15) is 62.9 Å².